The van der Waals surface area contributed by atoms with Crippen LogP contribution < -0.4 is 0 Å². The molecule has 1 aromatic heterocycles. The number of benzene rings is 1. The summed E-state index contributed by atoms with van der Waals surface area (Å²) in [5.41, 5.74) is 3.02. The van der Waals surface area contributed by atoms with E-state index in [-0.39, 0.29) is 24.7 Å². The highest BCUT2D eigenvalue weighted by Gasteiger charge is 2.30. The Morgan fingerprint density at radius 1 is 1.21 bits per heavy atom. The van der Waals surface area contributed by atoms with Crippen molar-refractivity contribution in [3.63, 3.8) is 0 Å². The molecule has 1 aliphatic rings. The number of terminal acetylenes is 1. The number of para-hydroxylation sites is 1. The van der Waals surface area contributed by atoms with Crippen molar-refractivity contribution in [2.24, 2.45) is 0 Å². The van der Waals surface area contributed by atoms with Crippen LogP contribution in [-0.4, -0.2) is 39.9 Å². The van der Waals surface area contributed by atoms with Crippen LogP contribution in [0.3, 0.4) is 0 Å². The van der Waals surface area contributed by atoms with Crippen molar-refractivity contribution >= 4 is 22.7 Å². The molecule has 3 rings (SSSR count). The largest absolute Gasteiger partial charge is 0.358 e. The molecule has 0 radical (unpaired) electrons. The number of hydrazine groups is 1. The second kappa shape index (κ2) is 6.79. The quantitative estimate of drug-likeness (QED) is 0.879. The zero-order valence-corrected chi connectivity index (χ0v) is 13.8. The van der Waals surface area contributed by atoms with Crippen LogP contribution in [0.1, 0.15) is 30.5 Å². The normalized spacial score (nSPS) is 14.2. The minimum Gasteiger partial charge on any atom is -0.358 e. The lowest BCUT2D eigenvalue weighted by molar-refractivity contribution is -0.157. The van der Waals surface area contributed by atoms with Crippen LogP contribution >= 0.6 is 0 Å². The van der Waals surface area contributed by atoms with Crippen LogP contribution in [0.4, 0.5) is 0 Å². The molecule has 0 aliphatic carbocycles. The Labute approximate surface area is 141 Å². The fourth-order valence-corrected chi connectivity index (χ4v) is 3.24. The van der Waals surface area contributed by atoms with E-state index in [0.29, 0.717) is 19.5 Å². The third-order valence-corrected chi connectivity index (χ3v) is 4.45. The SMILES string of the molecule is C#CCCC(=O)N1CCCN1C(=O)Cc1c(C)[nH]c2ccccc12. The number of aryl methyl sites for hydroxylation is 1. The van der Waals surface area contributed by atoms with Gasteiger partial charge in [-0.3, -0.25) is 19.6 Å². The van der Waals surface area contributed by atoms with Gasteiger partial charge in [0.2, 0.25) is 11.8 Å². The first-order valence-electron chi connectivity index (χ1n) is 8.22. The van der Waals surface area contributed by atoms with Crippen molar-refractivity contribution in [3.05, 3.63) is 35.5 Å². The fourth-order valence-electron chi connectivity index (χ4n) is 3.24. The lowest BCUT2D eigenvalue weighted by Gasteiger charge is -2.28. The maximum atomic E-state index is 12.8. The summed E-state index contributed by atoms with van der Waals surface area (Å²) in [6, 6.07) is 7.95. The molecule has 2 amide bonds. The number of fused-ring (bicyclic) bond motifs is 1. The van der Waals surface area contributed by atoms with E-state index in [2.05, 4.69) is 10.9 Å². The first kappa shape index (κ1) is 16.1. The highest BCUT2D eigenvalue weighted by Crippen LogP contribution is 2.24. The molecule has 1 fully saturated rings. The average Bonchev–Trinajstić information content (AvgIpc) is 3.18. The molecular formula is C19H21N3O2. The maximum absolute atomic E-state index is 12.8. The van der Waals surface area contributed by atoms with Gasteiger partial charge >= 0.3 is 0 Å². The predicted molar refractivity (Wildman–Crippen MR) is 92.8 cm³/mol. The van der Waals surface area contributed by atoms with E-state index in [1.54, 1.807) is 10.0 Å². The minimum absolute atomic E-state index is 0.0468. The molecular weight excluding hydrogens is 302 g/mol. The number of hydrogen-bond donors (Lipinski definition) is 1. The number of hydrogen-bond acceptors (Lipinski definition) is 2. The molecule has 24 heavy (non-hydrogen) atoms. The summed E-state index contributed by atoms with van der Waals surface area (Å²) in [7, 11) is 0. The van der Waals surface area contributed by atoms with Gasteiger partial charge in [0.15, 0.2) is 0 Å². The van der Waals surface area contributed by atoms with Gasteiger partial charge in [-0.1, -0.05) is 18.2 Å². The van der Waals surface area contributed by atoms with E-state index in [4.69, 9.17) is 6.42 Å². The number of nitrogens with zero attached hydrogens (tertiary/aromatic N) is 2. The molecule has 0 unspecified atom stereocenters. The van der Waals surface area contributed by atoms with E-state index < -0.39 is 0 Å². The van der Waals surface area contributed by atoms with Gasteiger partial charge in [-0.25, -0.2) is 0 Å². The first-order chi connectivity index (χ1) is 11.6. The molecule has 0 spiro atoms. The molecule has 2 heterocycles. The van der Waals surface area contributed by atoms with E-state index >= 15 is 0 Å². The summed E-state index contributed by atoms with van der Waals surface area (Å²) in [6.07, 6.45) is 7.00. The number of carbonyl (C=O) groups is 2. The Balaban J connectivity index is 1.77. The highest BCUT2D eigenvalue weighted by atomic mass is 16.2. The van der Waals surface area contributed by atoms with Crippen molar-refractivity contribution < 1.29 is 9.59 Å². The van der Waals surface area contributed by atoms with Crippen molar-refractivity contribution in [3.8, 4) is 12.3 Å². The molecule has 0 saturated carbocycles. The molecule has 0 atom stereocenters. The van der Waals surface area contributed by atoms with Crippen LogP contribution in [0.2, 0.25) is 0 Å². The van der Waals surface area contributed by atoms with Crippen LogP contribution in [-0.2, 0) is 16.0 Å². The van der Waals surface area contributed by atoms with Gasteiger partial charge < -0.3 is 4.98 Å². The van der Waals surface area contributed by atoms with Crippen molar-refractivity contribution in [2.75, 3.05) is 13.1 Å². The second-order valence-electron chi connectivity index (χ2n) is 6.04. The monoisotopic (exact) mass is 323 g/mol. The summed E-state index contributed by atoms with van der Waals surface area (Å²) in [4.78, 5) is 28.3. The standard InChI is InChI=1S/C19H21N3O2/c1-3-4-10-18(23)21-11-7-12-22(21)19(24)13-16-14(2)20-17-9-6-5-8-15(16)17/h1,5-6,8-9,20H,4,7,10-13H2,2H3. The van der Waals surface area contributed by atoms with Gasteiger partial charge in [0, 0.05) is 42.5 Å². The third-order valence-electron chi connectivity index (χ3n) is 4.45. The Morgan fingerprint density at radius 3 is 2.67 bits per heavy atom. The Morgan fingerprint density at radius 2 is 1.92 bits per heavy atom. The van der Waals surface area contributed by atoms with Crippen LogP contribution in [0, 0.1) is 19.3 Å². The number of amides is 2. The minimum atomic E-state index is -0.0746. The Kier molecular flexibility index (Phi) is 4.57. The first-order valence-corrected chi connectivity index (χ1v) is 8.22. The lowest BCUT2D eigenvalue weighted by atomic mass is 10.1. The Bertz CT molecular complexity index is 816. The van der Waals surface area contributed by atoms with Crippen molar-refractivity contribution in [1.29, 1.82) is 0 Å². The van der Waals surface area contributed by atoms with E-state index in [1.807, 2.05) is 31.2 Å². The zero-order valence-electron chi connectivity index (χ0n) is 13.8. The fraction of sp³-hybridized carbons (Fsp3) is 0.368. The van der Waals surface area contributed by atoms with Gasteiger partial charge in [-0.05, 0) is 25.0 Å². The molecule has 1 saturated heterocycles. The number of nitrogens with one attached hydrogen (secondary N) is 1. The number of carbonyl (C=O) groups excluding carboxylic acids is 2. The number of aromatic amines is 1. The smallest absolute Gasteiger partial charge is 0.245 e. The molecule has 124 valence electrons. The van der Waals surface area contributed by atoms with Gasteiger partial charge in [-0.2, -0.15) is 0 Å². The van der Waals surface area contributed by atoms with Crippen LogP contribution in [0.5, 0.6) is 0 Å². The van der Waals surface area contributed by atoms with Gasteiger partial charge in [-0.15, -0.1) is 12.3 Å². The molecule has 5 nitrogen and oxygen atoms in total. The summed E-state index contributed by atoms with van der Waals surface area (Å²) in [5.74, 6) is 2.35. The Hall–Kier alpha value is -2.74. The third kappa shape index (κ3) is 3.00. The van der Waals surface area contributed by atoms with Gasteiger partial charge in [0.25, 0.3) is 0 Å². The average molecular weight is 323 g/mol. The van der Waals surface area contributed by atoms with Gasteiger partial charge in [0.1, 0.15) is 0 Å². The number of rotatable bonds is 4. The van der Waals surface area contributed by atoms with E-state index in [1.165, 1.54) is 0 Å². The molecule has 1 aliphatic heterocycles. The summed E-state index contributed by atoms with van der Waals surface area (Å²) in [5, 5.41) is 4.21. The van der Waals surface area contributed by atoms with Crippen LogP contribution in [0.25, 0.3) is 10.9 Å². The number of aromatic nitrogens is 1. The summed E-state index contributed by atoms with van der Waals surface area (Å²) >= 11 is 0. The zero-order chi connectivity index (χ0) is 17.1. The summed E-state index contributed by atoms with van der Waals surface area (Å²) in [6.45, 7) is 3.15. The van der Waals surface area contributed by atoms with Gasteiger partial charge in [0.05, 0.1) is 6.42 Å². The van der Waals surface area contributed by atoms with Crippen LogP contribution in [0.15, 0.2) is 24.3 Å². The topological polar surface area (TPSA) is 56.4 Å². The number of H-pyrrole nitrogens is 1. The highest BCUT2D eigenvalue weighted by molar-refractivity contribution is 5.91. The van der Waals surface area contributed by atoms with Crippen molar-refractivity contribution in [1.82, 2.24) is 15.0 Å². The molecule has 0 bridgehead atoms. The van der Waals surface area contributed by atoms with E-state index in [9.17, 15) is 9.59 Å². The predicted octanol–water partition coefficient (Wildman–Crippen LogP) is 2.41. The van der Waals surface area contributed by atoms with E-state index in [0.717, 1.165) is 28.6 Å². The summed E-state index contributed by atoms with van der Waals surface area (Å²) < 4.78 is 0. The second-order valence-corrected chi connectivity index (χ2v) is 6.04. The van der Waals surface area contributed by atoms with Crippen molar-refractivity contribution in [2.45, 2.75) is 32.6 Å². The molecule has 2 aromatic rings. The molecule has 1 N–H and O–H groups in total. The molecule has 5 heteroatoms. The molecule has 1 aromatic carbocycles. The lowest BCUT2D eigenvalue weighted by Crippen LogP contribution is -2.45. The maximum Gasteiger partial charge on any atom is 0.245 e.